The maximum atomic E-state index is 12.8. The number of carbonyl (C=O) groups excluding carboxylic acids is 6. The van der Waals surface area contributed by atoms with Gasteiger partial charge in [0, 0.05) is 173 Å². The maximum Gasteiger partial charge on any atom is 1.00 e. The maximum absolute atomic E-state index is 12.8. The van der Waals surface area contributed by atoms with E-state index >= 15 is 0 Å². The molecule has 8 N–H and O–H groups in total. The average Bonchev–Trinajstić information content (AvgIpc) is 1.54. The number of carboxylic acids is 1. The van der Waals surface area contributed by atoms with E-state index in [2.05, 4.69) is 101 Å². The number of H-pyrrole nitrogens is 3. The Kier molecular flexibility index (Phi) is 43.5. The number of pyridine rings is 4. The van der Waals surface area contributed by atoms with Crippen molar-refractivity contribution in [3.63, 3.8) is 0 Å². The number of hydrogen-bond donors (Lipinski definition) is 7. The van der Waals surface area contributed by atoms with E-state index in [-0.39, 0.29) is 124 Å². The Bertz CT molecular complexity index is 5410. The molecule has 647 valence electrons. The molecule has 37 heteroatoms. The van der Waals surface area contributed by atoms with Gasteiger partial charge in [0.05, 0.1) is 134 Å². The Labute approximate surface area is 772 Å². The van der Waals surface area contributed by atoms with Gasteiger partial charge in [-0.3, -0.25) is 39.6 Å². The molecule has 11 aromatic rings. The van der Waals surface area contributed by atoms with Crippen molar-refractivity contribution in [3.05, 3.63) is 200 Å². The molecule has 0 bridgehead atoms. The molecular formula is C86H110B2BrN14Na2O18. The van der Waals surface area contributed by atoms with Crippen LogP contribution in [0.5, 0.6) is 0 Å². The van der Waals surface area contributed by atoms with Gasteiger partial charge in [0.25, 0.3) is 5.97 Å². The third-order valence-corrected chi connectivity index (χ3v) is 19.7. The van der Waals surface area contributed by atoms with Crippen molar-refractivity contribution >= 4 is 107 Å². The number of esters is 4. The molecular weight excluding hydrogens is 1660 g/mol. The third-order valence-electron chi connectivity index (χ3n) is 19.3. The van der Waals surface area contributed by atoms with Crippen LogP contribution in [-0.2, 0) is 38.0 Å². The predicted molar refractivity (Wildman–Crippen MR) is 468 cm³/mol. The summed E-state index contributed by atoms with van der Waals surface area (Å²) in [5.74, 6) is -2.44. The second-order valence-corrected chi connectivity index (χ2v) is 29.3. The molecule has 15 heterocycles. The number of fused-ring (bicyclic) bond motifs is 4. The second-order valence-electron chi connectivity index (χ2n) is 28.4. The number of halogens is 1. The molecule has 0 amide bonds. The minimum absolute atomic E-state index is 0. The van der Waals surface area contributed by atoms with Crippen LogP contribution in [0.3, 0.4) is 0 Å². The van der Waals surface area contributed by atoms with Gasteiger partial charge in [-0.2, -0.15) is 15.3 Å². The number of morpholine rings is 3. The summed E-state index contributed by atoms with van der Waals surface area (Å²) >= 11 is 3.38. The Morgan fingerprint density at radius 1 is 0.553 bits per heavy atom. The van der Waals surface area contributed by atoms with E-state index in [9.17, 15) is 28.8 Å². The van der Waals surface area contributed by atoms with Crippen molar-refractivity contribution in [1.29, 1.82) is 0 Å². The summed E-state index contributed by atoms with van der Waals surface area (Å²) in [5, 5.41) is 48.5. The zero-order valence-corrected chi connectivity index (χ0v) is 77.7. The number of allylic oxidation sites excluding steroid dienone is 1. The van der Waals surface area contributed by atoms with Gasteiger partial charge >= 0.3 is 90.1 Å². The van der Waals surface area contributed by atoms with Gasteiger partial charge in [0.1, 0.15) is 0 Å². The normalized spacial score (nSPS) is 13.5. The molecule has 0 aromatic carbocycles. The predicted octanol–water partition coefficient (Wildman–Crippen LogP) is 6.41. The van der Waals surface area contributed by atoms with Crippen LogP contribution in [-0.4, -0.2) is 253 Å². The number of nitrogens with zero attached hydrogens (tertiary/aromatic N) is 10. The number of carboxylic acid groups (broad SMARTS) is 1. The molecule has 1 atom stereocenters. The second kappa shape index (κ2) is 50.5. The summed E-state index contributed by atoms with van der Waals surface area (Å²) < 4.78 is 45.9. The number of hydrogen-bond acceptors (Lipinski definition) is 24. The first-order valence-electron chi connectivity index (χ1n) is 38.8. The third kappa shape index (κ3) is 27.8. The number of aliphatic imine (C=N–C) groups is 1. The van der Waals surface area contributed by atoms with E-state index in [1.807, 2.05) is 109 Å². The minimum Gasteiger partial charge on any atom is -1.00 e. The van der Waals surface area contributed by atoms with Gasteiger partial charge in [0.15, 0.2) is 11.6 Å². The first kappa shape index (κ1) is 106. The summed E-state index contributed by atoms with van der Waals surface area (Å²) in [6.07, 6.45) is 15.8. The first-order chi connectivity index (χ1) is 56.4. The van der Waals surface area contributed by atoms with Crippen LogP contribution in [0.15, 0.2) is 138 Å². The Balaban J connectivity index is 0.000000396. The fourth-order valence-electron chi connectivity index (χ4n) is 13.8. The van der Waals surface area contributed by atoms with Gasteiger partial charge in [-0.05, 0) is 193 Å². The molecule has 3 radical (unpaired) electrons. The number of aromatic amines is 3. The number of nitrogens with one attached hydrogen (secondary N) is 4. The van der Waals surface area contributed by atoms with Crippen LogP contribution in [0.1, 0.15) is 180 Å². The van der Waals surface area contributed by atoms with Crippen molar-refractivity contribution in [2.75, 3.05) is 98.7 Å². The van der Waals surface area contributed by atoms with E-state index in [4.69, 9.17) is 53.1 Å². The first-order valence-corrected chi connectivity index (χ1v) is 39.6. The molecule has 3 fully saturated rings. The number of ether oxygens (including phenoxy) is 7. The fourth-order valence-corrected chi connectivity index (χ4v) is 14.2. The Morgan fingerprint density at radius 3 is 1.27 bits per heavy atom. The molecule has 123 heavy (non-hydrogen) atoms. The summed E-state index contributed by atoms with van der Waals surface area (Å²) in [4.78, 5) is 91.0. The molecule has 0 saturated carbocycles. The van der Waals surface area contributed by atoms with Gasteiger partial charge in [-0.15, -0.1) is 0 Å². The van der Waals surface area contributed by atoms with E-state index in [0.717, 1.165) is 161 Å². The monoisotopic (exact) mass is 1770 g/mol. The van der Waals surface area contributed by atoms with Gasteiger partial charge in [-0.1, -0.05) is 14.0 Å². The zero-order valence-electron chi connectivity index (χ0n) is 73.1. The van der Waals surface area contributed by atoms with Crippen LogP contribution in [0.2, 0.25) is 0 Å². The topological polar surface area (TPSA) is 409 Å². The van der Waals surface area contributed by atoms with E-state index < -0.39 is 25.0 Å². The average molecular weight is 1780 g/mol. The molecule has 0 aliphatic carbocycles. The summed E-state index contributed by atoms with van der Waals surface area (Å²) in [7, 11) is -1.32. The van der Waals surface area contributed by atoms with Crippen molar-refractivity contribution in [2.24, 2.45) is 4.99 Å². The smallest absolute Gasteiger partial charge is 1.00 e. The molecule has 15 rings (SSSR count). The van der Waals surface area contributed by atoms with Crippen LogP contribution in [0.25, 0.3) is 61.5 Å². The molecule has 0 spiro atoms. The van der Waals surface area contributed by atoms with Gasteiger partial charge in [0.2, 0.25) is 0 Å². The SMILES string of the molecule is C.C1COCCN1.C=C(c1c(C)c(C(=O)OC(C)C)cc2cc(-c3ccn[nH]3)cn12)N1CCOCC1.CC(=O)O.CCOC(=O)c1cc2cc(-c3ccn[nH]3)cn2c(C(C)=O)c1C.CCOC(=O)c1cc2cc(Br)cn2c(C(C)=O)c1C.Cc1c(C(=O)OC(C)C)cc2cc(-c3ccn[nH]3)cn2c1C(C)N1CCOCC1.OB(O)C1=CC=NC1.[B].[H-].[Na+].[Na+].[OH-]. The Hall–Kier alpha value is -9.40. The number of Topliss-reactive ketones (excluding diaryl/α,β-unsaturated/α-hetero) is 2. The van der Waals surface area contributed by atoms with Gasteiger partial charge in [-0.25, -0.2) is 19.2 Å². The number of aliphatic carboxylic acids is 1. The zero-order chi connectivity index (χ0) is 85.6. The summed E-state index contributed by atoms with van der Waals surface area (Å²) in [5.41, 5.74) is 18.6. The van der Waals surface area contributed by atoms with Crippen LogP contribution in [0.4, 0.5) is 0 Å². The van der Waals surface area contributed by atoms with Gasteiger partial charge < -0.3 is 83.0 Å². The molecule has 1 unspecified atom stereocenters. The van der Waals surface area contributed by atoms with Crippen molar-refractivity contribution in [3.8, 4) is 33.8 Å². The van der Waals surface area contributed by atoms with Crippen molar-refractivity contribution in [2.45, 2.75) is 123 Å². The summed E-state index contributed by atoms with van der Waals surface area (Å²) in [6.45, 7) is 40.0. The summed E-state index contributed by atoms with van der Waals surface area (Å²) in [6, 6.07) is 21.0. The van der Waals surface area contributed by atoms with Crippen LogP contribution >= 0.6 is 15.9 Å². The fraction of sp³-hybridized carbons (Fsp3) is 0.384. The van der Waals surface area contributed by atoms with Crippen molar-refractivity contribution < 1.29 is 148 Å². The molecule has 4 aliphatic heterocycles. The van der Waals surface area contributed by atoms with E-state index in [1.165, 1.54) is 13.8 Å². The van der Waals surface area contributed by atoms with Crippen LogP contribution < -0.4 is 64.4 Å². The largest absolute Gasteiger partial charge is 1.00 e. The molecule has 4 aliphatic rings. The van der Waals surface area contributed by atoms with E-state index in [0.29, 0.717) is 83.2 Å². The van der Waals surface area contributed by atoms with E-state index in [1.54, 1.807) is 79.5 Å². The minimum atomic E-state index is -1.32. The number of carbonyl (C=O) groups is 7. The van der Waals surface area contributed by atoms with Crippen molar-refractivity contribution in [1.82, 2.24) is 63.3 Å². The Morgan fingerprint density at radius 2 is 0.919 bits per heavy atom. The number of ketones is 2. The molecule has 3 saturated heterocycles. The number of rotatable bonds is 18. The standard InChI is InChI=1S/C22H28N4O3.C22H26N4O3.C17H17N3O3.C14H14BrNO3.C4H6BNO2.C4H9NO.C2H4O2.CH4.B.2Na.H2O.H/c2*1-14(2)29-22(27)19-12-18-11-17(20-5-6-23-24-20)13-26(18)21(15(19)3)16(4)25-7-9-28-10-8-25;1-4-23-17(22)14-8-13-7-12(15-5-6-18-19-15)9-20(13)16(10(14)2)11(3)21;1-4-19-14(18)12-6-11-5-10(15)7-16(11)13(8(12)2)9(3)17;7-5(8)4-1-2-6-3-4;1-3-6-4-2-5-1;1-2(3)4;;;;;;/h5-6,11-14,16H,7-10H2,1-4H3,(H,23,24);5-6,11-14H,4,7-10H2,1-3H3,(H,23,24);5-9H,4H2,1-3H3,(H,18,19);5-7H,4H2,1-3H3;1-2,7-8H,3H2;5H,1-4H2;1H3,(H,3,4);1H4;;;;1H2;/q;;;;;;;;;2*+1;;-1/p-1. The quantitative estimate of drug-likeness (QED) is 0.0211. The van der Waals surface area contributed by atoms with Crippen LogP contribution in [0, 0.1) is 27.7 Å². The molecule has 32 nitrogen and oxygen atoms in total. The number of aromatic nitrogens is 10. The molecule has 11 aromatic heterocycles.